The van der Waals surface area contributed by atoms with E-state index in [-0.39, 0.29) is 12.4 Å². The Balaban J connectivity index is 1.83. The van der Waals surface area contributed by atoms with E-state index in [0.29, 0.717) is 36.4 Å². The van der Waals surface area contributed by atoms with Crippen molar-refractivity contribution in [1.82, 2.24) is 4.31 Å². The van der Waals surface area contributed by atoms with Crippen LogP contribution in [-0.2, 0) is 10.0 Å². The number of rotatable bonds is 6. The number of nitrogen functional groups attached to an aromatic ring is 1. The smallest absolute Gasteiger partial charge is 0.217 e. The fourth-order valence-corrected chi connectivity index (χ4v) is 3.86. The number of anilines is 1. The molecule has 21 heavy (non-hydrogen) atoms. The first-order chi connectivity index (χ1) is 9.88. The molecule has 0 aliphatic carbocycles. The fourth-order valence-electron chi connectivity index (χ4n) is 2.51. The third-order valence-corrected chi connectivity index (χ3v) is 5.81. The Labute approximate surface area is 127 Å². The molecule has 0 saturated carbocycles. The molecular formula is C15H24N2O3S. The first kappa shape index (κ1) is 16.1. The average molecular weight is 312 g/mol. The van der Waals surface area contributed by atoms with E-state index in [4.69, 9.17) is 10.5 Å². The number of sulfonamides is 1. The summed E-state index contributed by atoms with van der Waals surface area (Å²) in [5.74, 6) is 1.65. The third kappa shape index (κ3) is 4.35. The standard InChI is InChI=1S/C15H24N2O3S/c1-12(2)13-7-8-17(11-13)21(18,19)10-9-20-15-5-3-14(16)4-6-15/h3-6,12-13H,7-11,16H2,1-2H3. The minimum absolute atomic E-state index is 0.0161. The Bertz CT molecular complexity index is 555. The number of ether oxygens (including phenoxy) is 1. The first-order valence-corrected chi connectivity index (χ1v) is 8.95. The molecule has 5 nitrogen and oxygen atoms in total. The van der Waals surface area contributed by atoms with Gasteiger partial charge in [0.25, 0.3) is 0 Å². The molecule has 2 rings (SSSR count). The van der Waals surface area contributed by atoms with Gasteiger partial charge in [0, 0.05) is 18.8 Å². The minimum Gasteiger partial charge on any atom is -0.492 e. The quantitative estimate of drug-likeness (QED) is 0.815. The maximum Gasteiger partial charge on any atom is 0.217 e. The highest BCUT2D eigenvalue weighted by atomic mass is 32.2. The average Bonchev–Trinajstić information content (AvgIpc) is 2.91. The van der Waals surface area contributed by atoms with Gasteiger partial charge in [0.1, 0.15) is 12.4 Å². The summed E-state index contributed by atoms with van der Waals surface area (Å²) in [6.07, 6.45) is 0.954. The molecule has 1 aromatic rings. The van der Waals surface area contributed by atoms with Gasteiger partial charge >= 0.3 is 0 Å². The summed E-state index contributed by atoms with van der Waals surface area (Å²) in [6.45, 7) is 5.72. The van der Waals surface area contributed by atoms with Gasteiger partial charge < -0.3 is 10.5 Å². The lowest BCUT2D eigenvalue weighted by Gasteiger charge is -2.18. The van der Waals surface area contributed by atoms with E-state index in [1.807, 2.05) is 0 Å². The van der Waals surface area contributed by atoms with Crippen LogP contribution in [0.15, 0.2) is 24.3 Å². The van der Waals surface area contributed by atoms with Gasteiger partial charge in [-0.1, -0.05) is 13.8 Å². The molecule has 118 valence electrons. The van der Waals surface area contributed by atoms with Crippen LogP contribution in [0.1, 0.15) is 20.3 Å². The molecule has 0 radical (unpaired) electrons. The van der Waals surface area contributed by atoms with Crippen LogP contribution in [0.5, 0.6) is 5.75 Å². The molecule has 1 atom stereocenters. The van der Waals surface area contributed by atoms with Crippen molar-refractivity contribution in [3.05, 3.63) is 24.3 Å². The van der Waals surface area contributed by atoms with Crippen molar-refractivity contribution >= 4 is 15.7 Å². The summed E-state index contributed by atoms with van der Waals surface area (Å²) >= 11 is 0. The molecule has 6 heteroatoms. The predicted octanol–water partition coefficient (Wildman–Crippen LogP) is 1.96. The summed E-state index contributed by atoms with van der Waals surface area (Å²) in [7, 11) is -3.22. The first-order valence-electron chi connectivity index (χ1n) is 7.34. The van der Waals surface area contributed by atoms with E-state index < -0.39 is 10.0 Å². The minimum atomic E-state index is -3.22. The summed E-state index contributed by atoms with van der Waals surface area (Å²) < 4.78 is 31.6. The van der Waals surface area contributed by atoms with Crippen molar-refractivity contribution in [2.24, 2.45) is 11.8 Å². The molecule has 1 saturated heterocycles. The van der Waals surface area contributed by atoms with Crippen LogP contribution in [-0.4, -0.2) is 38.2 Å². The second-order valence-electron chi connectivity index (χ2n) is 5.88. The Morgan fingerprint density at radius 3 is 2.57 bits per heavy atom. The van der Waals surface area contributed by atoms with Crippen molar-refractivity contribution in [3.63, 3.8) is 0 Å². The molecule has 1 aliphatic rings. The molecule has 1 heterocycles. The molecule has 0 aromatic heterocycles. The number of hydrogen-bond acceptors (Lipinski definition) is 4. The number of nitrogens with two attached hydrogens (primary N) is 1. The lowest BCUT2D eigenvalue weighted by Crippen LogP contribution is -2.33. The van der Waals surface area contributed by atoms with Crippen molar-refractivity contribution < 1.29 is 13.2 Å². The molecule has 1 fully saturated rings. The lowest BCUT2D eigenvalue weighted by atomic mass is 9.96. The lowest BCUT2D eigenvalue weighted by molar-refractivity contribution is 0.335. The molecule has 1 aliphatic heterocycles. The van der Waals surface area contributed by atoms with E-state index in [0.717, 1.165) is 6.42 Å². The van der Waals surface area contributed by atoms with Crippen molar-refractivity contribution in [2.45, 2.75) is 20.3 Å². The Morgan fingerprint density at radius 1 is 1.33 bits per heavy atom. The zero-order valence-electron chi connectivity index (χ0n) is 12.7. The monoisotopic (exact) mass is 312 g/mol. The topological polar surface area (TPSA) is 72.6 Å². The second-order valence-corrected chi connectivity index (χ2v) is 7.97. The van der Waals surface area contributed by atoms with E-state index in [2.05, 4.69) is 13.8 Å². The zero-order chi connectivity index (χ0) is 15.5. The highest BCUT2D eigenvalue weighted by molar-refractivity contribution is 7.89. The van der Waals surface area contributed by atoms with Gasteiger partial charge in [-0.15, -0.1) is 0 Å². The largest absolute Gasteiger partial charge is 0.492 e. The summed E-state index contributed by atoms with van der Waals surface area (Å²) in [6, 6.07) is 6.95. The van der Waals surface area contributed by atoms with E-state index in [1.54, 1.807) is 28.6 Å². The molecule has 1 unspecified atom stereocenters. The van der Waals surface area contributed by atoms with Gasteiger partial charge in [0.15, 0.2) is 0 Å². The molecule has 1 aromatic carbocycles. The van der Waals surface area contributed by atoms with Gasteiger partial charge in [-0.2, -0.15) is 0 Å². The zero-order valence-corrected chi connectivity index (χ0v) is 13.5. The van der Waals surface area contributed by atoms with Crippen LogP contribution in [0.2, 0.25) is 0 Å². The maximum absolute atomic E-state index is 12.3. The summed E-state index contributed by atoms with van der Waals surface area (Å²) in [4.78, 5) is 0. The van der Waals surface area contributed by atoms with Gasteiger partial charge in [0.2, 0.25) is 10.0 Å². The number of benzene rings is 1. The molecule has 0 amide bonds. The number of nitrogens with zero attached hydrogens (tertiary/aromatic N) is 1. The highest BCUT2D eigenvalue weighted by Crippen LogP contribution is 2.25. The molecule has 2 N–H and O–H groups in total. The maximum atomic E-state index is 12.3. The van der Waals surface area contributed by atoms with Crippen LogP contribution in [0.25, 0.3) is 0 Å². The molecular weight excluding hydrogens is 288 g/mol. The van der Waals surface area contributed by atoms with Crippen LogP contribution in [0, 0.1) is 11.8 Å². The normalized spacial score (nSPS) is 20.0. The summed E-state index contributed by atoms with van der Waals surface area (Å²) in [5, 5.41) is 0. The van der Waals surface area contributed by atoms with Crippen molar-refractivity contribution in [3.8, 4) is 5.75 Å². The van der Waals surface area contributed by atoms with Crippen LogP contribution >= 0.6 is 0 Å². The fraction of sp³-hybridized carbons (Fsp3) is 0.600. The van der Waals surface area contributed by atoms with Crippen LogP contribution in [0.3, 0.4) is 0 Å². The van der Waals surface area contributed by atoms with Crippen LogP contribution in [0.4, 0.5) is 5.69 Å². The third-order valence-electron chi connectivity index (χ3n) is 4.01. The van der Waals surface area contributed by atoms with Gasteiger partial charge in [-0.05, 0) is 42.5 Å². The number of hydrogen-bond donors (Lipinski definition) is 1. The van der Waals surface area contributed by atoms with Gasteiger partial charge in [-0.3, -0.25) is 0 Å². The van der Waals surface area contributed by atoms with Crippen molar-refractivity contribution in [2.75, 3.05) is 31.2 Å². The van der Waals surface area contributed by atoms with E-state index in [9.17, 15) is 8.42 Å². The van der Waals surface area contributed by atoms with E-state index >= 15 is 0 Å². The van der Waals surface area contributed by atoms with E-state index in [1.165, 1.54) is 0 Å². The van der Waals surface area contributed by atoms with Gasteiger partial charge in [-0.25, -0.2) is 12.7 Å². The highest BCUT2D eigenvalue weighted by Gasteiger charge is 2.32. The van der Waals surface area contributed by atoms with Gasteiger partial charge in [0.05, 0.1) is 5.75 Å². The van der Waals surface area contributed by atoms with Crippen LogP contribution < -0.4 is 10.5 Å². The Morgan fingerprint density at radius 2 is 2.00 bits per heavy atom. The predicted molar refractivity (Wildman–Crippen MR) is 84.7 cm³/mol. The Hall–Kier alpha value is -1.27. The summed E-state index contributed by atoms with van der Waals surface area (Å²) in [5.41, 5.74) is 6.25. The molecule has 0 spiro atoms. The van der Waals surface area contributed by atoms with Crippen molar-refractivity contribution in [1.29, 1.82) is 0 Å². The Kier molecular flexibility index (Phi) is 5.11. The SMILES string of the molecule is CC(C)C1CCN(S(=O)(=O)CCOc2ccc(N)cc2)C1. The molecule has 0 bridgehead atoms. The second kappa shape index (κ2) is 6.66.